The van der Waals surface area contributed by atoms with E-state index in [2.05, 4.69) is 48.5 Å². The van der Waals surface area contributed by atoms with Crippen LogP contribution in [0, 0.1) is 12.8 Å². The van der Waals surface area contributed by atoms with Gasteiger partial charge in [-0.05, 0) is 70.8 Å². The van der Waals surface area contributed by atoms with Crippen LogP contribution in [0.5, 0.6) is 0 Å². The van der Waals surface area contributed by atoms with Gasteiger partial charge in [-0.15, -0.1) is 0 Å². The number of hydrogen-bond donors (Lipinski definition) is 1. The van der Waals surface area contributed by atoms with Gasteiger partial charge in [-0.25, -0.2) is 0 Å². The minimum Gasteiger partial charge on any atom is -0.320 e. The zero-order chi connectivity index (χ0) is 13.5. The van der Waals surface area contributed by atoms with E-state index in [0.717, 1.165) is 5.92 Å². The van der Waals surface area contributed by atoms with E-state index >= 15 is 0 Å². The smallest absolute Gasteiger partial charge is 0.00218 e. The fourth-order valence-electron chi connectivity index (χ4n) is 2.89. The summed E-state index contributed by atoms with van der Waals surface area (Å²) in [5, 5.41) is 3.26. The molecule has 0 atom stereocenters. The SMILES string of the molecule is CNCCC1CCN(CCc2ccc(C)cc2)CC1. The van der Waals surface area contributed by atoms with Gasteiger partial charge < -0.3 is 10.2 Å². The molecule has 2 rings (SSSR count). The number of likely N-dealkylation sites (tertiary alicyclic amines) is 1. The number of nitrogens with zero attached hydrogens (tertiary/aromatic N) is 1. The van der Waals surface area contributed by atoms with Gasteiger partial charge in [-0.2, -0.15) is 0 Å². The number of benzene rings is 1. The maximum Gasteiger partial charge on any atom is 0.00218 e. The van der Waals surface area contributed by atoms with E-state index in [1.54, 1.807) is 0 Å². The second-order valence-electron chi connectivity index (χ2n) is 5.91. The predicted octanol–water partition coefficient (Wildman–Crippen LogP) is 2.86. The Morgan fingerprint density at radius 2 is 1.84 bits per heavy atom. The van der Waals surface area contributed by atoms with E-state index < -0.39 is 0 Å². The highest BCUT2D eigenvalue weighted by Gasteiger charge is 2.18. The number of nitrogens with one attached hydrogen (secondary N) is 1. The monoisotopic (exact) mass is 260 g/mol. The summed E-state index contributed by atoms with van der Waals surface area (Å²) in [6, 6.07) is 8.99. The van der Waals surface area contributed by atoms with E-state index in [1.807, 2.05) is 0 Å². The number of aryl methyl sites for hydroxylation is 1. The van der Waals surface area contributed by atoms with Gasteiger partial charge in [0.1, 0.15) is 0 Å². The van der Waals surface area contributed by atoms with Gasteiger partial charge in [0.25, 0.3) is 0 Å². The molecule has 1 aliphatic heterocycles. The van der Waals surface area contributed by atoms with Crippen molar-refractivity contribution in [3.05, 3.63) is 35.4 Å². The van der Waals surface area contributed by atoms with Gasteiger partial charge in [-0.3, -0.25) is 0 Å². The Balaban J connectivity index is 1.67. The lowest BCUT2D eigenvalue weighted by Gasteiger charge is -2.32. The molecule has 1 N–H and O–H groups in total. The lowest BCUT2D eigenvalue weighted by atomic mass is 9.93. The Bertz CT molecular complexity index is 350. The van der Waals surface area contributed by atoms with E-state index in [0.29, 0.717) is 0 Å². The third kappa shape index (κ3) is 4.96. The summed E-state index contributed by atoms with van der Waals surface area (Å²) in [6.07, 6.45) is 5.31. The first-order valence-corrected chi connectivity index (χ1v) is 7.70. The molecule has 1 saturated heterocycles. The van der Waals surface area contributed by atoms with Gasteiger partial charge in [0.05, 0.1) is 0 Å². The first-order chi connectivity index (χ1) is 9.28. The molecular formula is C17H28N2. The standard InChI is InChI=1S/C17H28N2/c1-15-3-5-16(6-4-15)8-12-19-13-9-17(10-14-19)7-11-18-2/h3-6,17-18H,7-14H2,1-2H3. The van der Waals surface area contributed by atoms with Crippen LogP contribution in [-0.4, -0.2) is 38.1 Å². The fourth-order valence-corrected chi connectivity index (χ4v) is 2.89. The van der Waals surface area contributed by atoms with Crippen LogP contribution in [0.4, 0.5) is 0 Å². The highest BCUT2D eigenvalue weighted by atomic mass is 15.1. The molecule has 1 heterocycles. The van der Waals surface area contributed by atoms with Crippen LogP contribution in [0.25, 0.3) is 0 Å². The quantitative estimate of drug-likeness (QED) is 0.846. The van der Waals surface area contributed by atoms with Crippen LogP contribution in [0.1, 0.15) is 30.4 Å². The summed E-state index contributed by atoms with van der Waals surface area (Å²) in [4.78, 5) is 2.63. The van der Waals surface area contributed by atoms with Gasteiger partial charge in [0.15, 0.2) is 0 Å². The van der Waals surface area contributed by atoms with E-state index in [9.17, 15) is 0 Å². The molecule has 0 bridgehead atoms. The van der Waals surface area contributed by atoms with E-state index in [-0.39, 0.29) is 0 Å². The second kappa shape index (κ2) is 7.66. The average Bonchev–Trinajstić information content (AvgIpc) is 2.46. The van der Waals surface area contributed by atoms with Crippen molar-refractivity contribution >= 4 is 0 Å². The molecule has 0 spiro atoms. The zero-order valence-electron chi connectivity index (χ0n) is 12.5. The Kier molecular flexibility index (Phi) is 5.87. The fraction of sp³-hybridized carbons (Fsp3) is 0.647. The number of hydrogen-bond acceptors (Lipinski definition) is 2. The molecule has 0 unspecified atom stereocenters. The number of piperidine rings is 1. The third-order valence-corrected chi connectivity index (χ3v) is 4.35. The topological polar surface area (TPSA) is 15.3 Å². The van der Waals surface area contributed by atoms with Gasteiger partial charge in [0.2, 0.25) is 0 Å². The molecule has 19 heavy (non-hydrogen) atoms. The number of rotatable bonds is 6. The molecular weight excluding hydrogens is 232 g/mol. The lowest BCUT2D eigenvalue weighted by Crippen LogP contribution is -2.35. The Hall–Kier alpha value is -0.860. The molecule has 1 aliphatic rings. The summed E-state index contributed by atoms with van der Waals surface area (Å²) in [5.41, 5.74) is 2.83. The van der Waals surface area contributed by atoms with E-state index in [1.165, 1.54) is 63.0 Å². The highest BCUT2D eigenvalue weighted by molar-refractivity contribution is 5.21. The van der Waals surface area contributed by atoms with Crippen LogP contribution in [-0.2, 0) is 6.42 Å². The van der Waals surface area contributed by atoms with Crippen LogP contribution < -0.4 is 5.32 Å². The second-order valence-corrected chi connectivity index (χ2v) is 5.91. The molecule has 0 aromatic heterocycles. The predicted molar refractivity (Wildman–Crippen MR) is 82.6 cm³/mol. The van der Waals surface area contributed by atoms with E-state index in [4.69, 9.17) is 0 Å². The van der Waals surface area contributed by atoms with Crippen molar-refractivity contribution in [1.82, 2.24) is 10.2 Å². The van der Waals surface area contributed by atoms with Gasteiger partial charge in [-0.1, -0.05) is 29.8 Å². The third-order valence-electron chi connectivity index (χ3n) is 4.35. The summed E-state index contributed by atoms with van der Waals surface area (Å²) in [7, 11) is 2.05. The normalized spacial score (nSPS) is 17.8. The summed E-state index contributed by atoms with van der Waals surface area (Å²) >= 11 is 0. The van der Waals surface area contributed by atoms with Crippen molar-refractivity contribution in [2.45, 2.75) is 32.6 Å². The first-order valence-electron chi connectivity index (χ1n) is 7.70. The van der Waals surface area contributed by atoms with Crippen molar-refractivity contribution in [2.24, 2.45) is 5.92 Å². The molecule has 2 nitrogen and oxygen atoms in total. The van der Waals surface area contributed by atoms with Crippen molar-refractivity contribution in [2.75, 3.05) is 33.2 Å². The molecule has 0 amide bonds. The highest BCUT2D eigenvalue weighted by Crippen LogP contribution is 2.20. The Morgan fingerprint density at radius 1 is 1.16 bits per heavy atom. The Labute approximate surface area is 118 Å². The molecule has 0 saturated carbocycles. The van der Waals surface area contributed by atoms with Crippen LogP contribution >= 0.6 is 0 Å². The van der Waals surface area contributed by atoms with Crippen LogP contribution in [0.3, 0.4) is 0 Å². The largest absolute Gasteiger partial charge is 0.320 e. The van der Waals surface area contributed by atoms with Crippen molar-refractivity contribution in [1.29, 1.82) is 0 Å². The summed E-state index contributed by atoms with van der Waals surface area (Å²) in [6.45, 7) is 7.13. The van der Waals surface area contributed by atoms with Crippen molar-refractivity contribution < 1.29 is 0 Å². The summed E-state index contributed by atoms with van der Waals surface area (Å²) < 4.78 is 0. The maximum absolute atomic E-state index is 3.26. The average molecular weight is 260 g/mol. The first kappa shape index (κ1) is 14.5. The molecule has 1 aromatic carbocycles. The summed E-state index contributed by atoms with van der Waals surface area (Å²) in [5.74, 6) is 0.947. The minimum absolute atomic E-state index is 0.947. The maximum atomic E-state index is 3.26. The molecule has 2 heteroatoms. The van der Waals surface area contributed by atoms with Crippen LogP contribution in [0.15, 0.2) is 24.3 Å². The Morgan fingerprint density at radius 3 is 2.47 bits per heavy atom. The zero-order valence-corrected chi connectivity index (χ0v) is 12.5. The molecule has 0 aliphatic carbocycles. The molecule has 1 fully saturated rings. The van der Waals surface area contributed by atoms with Gasteiger partial charge >= 0.3 is 0 Å². The van der Waals surface area contributed by atoms with Crippen LogP contribution in [0.2, 0.25) is 0 Å². The van der Waals surface area contributed by atoms with Gasteiger partial charge in [0, 0.05) is 6.54 Å². The van der Waals surface area contributed by atoms with Crippen molar-refractivity contribution in [3.8, 4) is 0 Å². The molecule has 1 aromatic rings. The molecule has 0 radical (unpaired) electrons. The molecule has 106 valence electrons. The van der Waals surface area contributed by atoms with Crippen molar-refractivity contribution in [3.63, 3.8) is 0 Å². The lowest BCUT2D eigenvalue weighted by molar-refractivity contribution is 0.181. The minimum atomic E-state index is 0.947.